The van der Waals surface area contributed by atoms with Crippen molar-refractivity contribution in [3.63, 3.8) is 0 Å². The van der Waals surface area contributed by atoms with Gasteiger partial charge in [0, 0.05) is 12.6 Å². The molecular weight excluding hydrogens is 253 g/mol. The maximum absolute atomic E-state index is 13.8. The van der Waals surface area contributed by atoms with Gasteiger partial charge in [0.05, 0.1) is 6.10 Å². The fourth-order valence-electron chi connectivity index (χ4n) is 2.93. The third kappa shape index (κ3) is 3.80. The van der Waals surface area contributed by atoms with E-state index in [9.17, 15) is 4.39 Å². The second-order valence-corrected chi connectivity index (χ2v) is 5.85. The van der Waals surface area contributed by atoms with E-state index in [2.05, 4.69) is 12.2 Å². The fraction of sp³-hybridized carbons (Fsp3) is 0.647. The average Bonchev–Trinajstić information content (AvgIpc) is 2.93. The monoisotopic (exact) mass is 279 g/mol. The van der Waals surface area contributed by atoms with Gasteiger partial charge in [0.1, 0.15) is 5.82 Å². The summed E-state index contributed by atoms with van der Waals surface area (Å²) in [5, 5.41) is 3.58. The molecule has 2 unspecified atom stereocenters. The molecule has 1 fully saturated rings. The zero-order valence-electron chi connectivity index (χ0n) is 12.8. The molecule has 2 rings (SSSR count). The van der Waals surface area contributed by atoms with Gasteiger partial charge in [-0.2, -0.15) is 0 Å². The van der Waals surface area contributed by atoms with Crippen molar-refractivity contribution in [2.45, 2.75) is 58.6 Å². The quantitative estimate of drug-likeness (QED) is 0.848. The Bertz CT molecular complexity index is 418. The summed E-state index contributed by atoms with van der Waals surface area (Å²) in [4.78, 5) is 0. The lowest BCUT2D eigenvalue weighted by Crippen LogP contribution is -2.26. The van der Waals surface area contributed by atoms with Crippen molar-refractivity contribution in [3.8, 4) is 0 Å². The lowest BCUT2D eigenvalue weighted by Gasteiger charge is -2.23. The maximum Gasteiger partial charge on any atom is 0.129 e. The van der Waals surface area contributed by atoms with Crippen molar-refractivity contribution in [1.29, 1.82) is 0 Å². The summed E-state index contributed by atoms with van der Waals surface area (Å²) in [6.45, 7) is 7.71. The molecule has 1 heterocycles. The van der Waals surface area contributed by atoms with E-state index in [-0.39, 0.29) is 11.9 Å². The number of ether oxygens (including phenoxy) is 1. The lowest BCUT2D eigenvalue weighted by molar-refractivity contribution is 0.0945. The van der Waals surface area contributed by atoms with Crippen molar-refractivity contribution >= 4 is 0 Å². The summed E-state index contributed by atoms with van der Waals surface area (Å²) in [5.41, 5.74) is 2.65. The predicted molar refractivity (Wildman–Crippen MR) is 80.5 cm³/mol. The van der Waals surface area contributed by atoms with Crippen molar-refractivity contribution in [3.05, 3.63) is 34.6 Å². The Morgan fingerprint density at radius 2 is 2.05 bits per heavy atom. The molecule has 2 atom stereocenters. The van der Waals surface area contributed by atoms with Crippen LogP contribution in [0.3, 0.4) is 0 Å². The van der Waals surface area contributed by atoms with Crippen LogP contribution < -0.4 is 5.32 Å². The Balaban J connectivity index is 2.16. The standard InChI is InChI=1S/C17H26FNO/c1-4-7-19-16(11-15-6-5-8-20-15)14-9-12(2)17(18)13(3)10-14/h9-10,15-16,19H,4-8,11H2,1-3H3. The minimum atomic E-state index is -0.0832. The highest BCUT2D eigenvalue weighted by molar-refractivity contribution is 5.32. The molecule has 0 amide bonds. The number of nitrogens with one attached hydrogen (secondary N) is 1. The summed E-state index contributed by atoms with van der Waals surface area (Å²) >= 11 is 0. The van der Waals surface area contributed by atoms with Gasteiger partial charge in [-0.05, 0) is 62.8 Å². The fourth-order valence-corrected chi connectivity index (χ4v) is 2.93. The molecule has 0 spiro atoms. The highest BCUT2D eigenvalue weighted by Crippen LogP contribution is 2.27. The van der Waals surface area contributed by atoms with Crippen LogP contribution in [0.5, 0.6) is 0 Å². The summed E-state index contributed by atoms with van der Waals surface area (Å²) in [6, 6.07) is 4.21. The van der Waals surface area contributed by atoms with E-state index in [4.69, 9.17) is 4.74 Å². The molecule has 1 aliphatic heterocycles. The van der Waals surface area contributed by atoms with Gasteiger partial charge in [0.25, 0.3) is 0 Å². The Hall–Kier alpha value is -0.930. The van der Waals surface area contributed by atoms with Gasteiger partial charge in [-0.1, -0.05) is 19.1 Å². The zero-order valence-corrected chi connectivity index (χ0v) is 12.8. The van der Waals surface area contributed by atoms with Crippen LogP contribution in [0.15, 0.2) is 12.1 Å². The van der Waals surface area contributed by atoms with Crippen LogP contribution in [0.25, 0.3) is 0 Å². The minimum Gasteiger partial charge on any atom is -0.378 e. The smallest absolute Gasteiger partial charge is 0.129 e. The number of hydrogen-bond donors (Lipinski definition) is 1. The van der Waals surface area contributed by atoms with Crippen molar-refractivity contribution < 1.29 is 9.13 Å². The second-order valence-electron chi connectivity index (χ2n) is 5.85. The normalized spacial score (nSPS) is 20.3. The number of halogens is 1. The van der Waals surface area contributed by atoms with E-state index in [0.29, 0.717) is 6.10 Å². The predicted octanol–water partition coefficient (Wildman–Crippen LogP) is 4.05. The van der Waals surface area contributed by atoms with Gasteiger partial charge in [-0.3, -0.25) is 0 Å². The summed E-state index contributed by atoms with van der Waals surface area (Å²) < 4.78 is 19.5. The van der Waals surface area contributed by atoms with Crippen molar-refractivity contribution in [1.82, 2.24) is 5.32 Å². The van der Waals surface area contributed by atoms with Gasteiger partial charge in [0.15, 0.2) is 0 Å². The number of hydrogen-bond acceptors (Lipinski definition) is 2. The van der Waals surface area contributed by atoms with Crippen LogP contribution in [0.2, 0.25) is 0 Å². The van der Waals surface area contributed by atoms with Crippen LogP contribution >= 0.6 is 0 Å². The van der Waals surface area contributed by atoms with Crippen LogP contribution in [0.1, 0.15) is 55.3 Å². The first kappa shape index (κ1) is 15.5. The number of aryl methyl sites for hydroxylation is 2. The molecular formula is C17H26FNO. The van der Waals surface area contributed by atoms with Gasteiger partial charge >= 0.3 is 0 Å². The Labute approximate surface area is 121 Å². The molecule has 1 saturated heterocycles. The first-order chi connectivity index (χ1) is 9.61. The van der Waals surface area contributed by atoms with E-state index in [1.54, 1.807) is 0 Å². The van der Waals surface area contributed by atoms with Crippen LogP contribution in [0, 0.1) is 19.7 Å². The molecule has 1 N–H and O–H groups in total. The van der Waals surface area contributed by atoms with E-state index in [1.165, 1.54) is 5.56 Å². The number of benzene rings is 1. The summed E-state index contributed by atoms with van der Waals surface area (Å²) in [7, 11) is 0. The van der Waals surface area contributed by atoms with E-state index >= 15 is 0 Å². The SMILES string of the molecule is CCCNC(CC1CCCO1)c1cc(C)c(F)c(C)c1. The highest BCUT2D eigenvalue weighted by Gasteiger charge is 2.22. The topological polar surface area (TPSA) is 21.3 Å². The summed E-state index contributed by atoms with van der Waals surface area (Å²) in [5.74, 6) is -0.0832. The number of rotatable bonds is 6. The van der Waals surface area contributed by atoms with Crippen molar-refractivity contribution in [2.24, 2.45) is 0 Å². The summed E-state index contributed by atoms with van der Waals surface area (Å²) in [6.07, 6.45) is 4.72. The minimum absolute atomic E-state index is 0.0832. The first-order valence-corrected chi connectivity index (χ1v) is 7.73. The molecule has 0 radical (unpaired) electrons. The van der Waals surface area contributed by atoms with E-state index < -0.39 is 0 Å². The second kappa shape index (κ2) is 7.19. The Morgan fingerprint density at radius 3 is 2.60 bits per heavy atom. The van der Waals surface area contributed by atoms with Crippen molar-refractivity contribution in [2.75, 3.05) is 13.2 Å². The van der Waals surface area contributed by atoms with Crippen LogP contribution in [-0.2, 0) is 4.74 Å². The molecule has 0 bridgehead atoms. The Morgan fingerprint density at radius 1 is 1.35 bits per heavy atom. The molecule has 1 aliphatic rings. The molecule has 20 heavy (non-hydrogen) atoms. The molecule has 1 aromatic carbocycles. The molecule has 112 valence electrons. The highest BCUT2D eigenvalue weighted by atomic mass is 19.1. The zero-order chi connectivity index (χ0) is 14.5. The largest absolute Gasteiger partial charge is 0.378 e. The maximum atomic E-state index is 13.8. The van der Waals surface area contributed by atoms with E-state index in [0.717, 1.165) is 50.0 Å². The third-order valence-corrected chi connectivity index (χ3v) is 4.02. The van der Waals surface area contributed by atoms with Gasteiger partial charge in [-0.15, -0.1) is 0 Å². The van der Waals surface area contributed by atoms with Gasteiger partial charge < -0.3 is 10.1 Å². The lowest BCUT2D eigenvalue weighted by atomic mass is 9.95. The molecule has 0 saturated carbocycles. The van der Waals surface area contributed by atoms with Gasteiger partial charge in [0.2, 0.25) is 0 Å². The van der Waals surface area contributed by atoms with E-state index in [1.807, 2.05) is 26.0 Å². The molecule has 3 heteroatoms. The molecule has 0 aliphatic carbocycles. The van der Waals surface area contributed by atoms with Gasteiger partial charge in [-0.25, -0.2) is 4.39 Å². The molecule has 1 aromatic rings. The Kier molecular flexibility index (Phi) is 5.55. The molecule has 2 nitrogen and oxygen atoms in total. The first-order valence-electron chi connectivity index (χ1n) is 7.73. The van der Waals surface area contributed by atoms with Crippen LogP contribution in [-0.4, -0.2) is 19.3 Å². The molecule has 0 aromatic heterocycles. The average molecular weight is 279 g/mol. The van der Waals surface area contributed by atoms with Crippen LogP contribution in [0.4, 0.5) is 4.39 Å². The third-order valence-electron chi connectivity index (χ3n) is 4.02.